The van der Waals surface area contributed by atoms with Crippen molar-refractivity contribution >= 4 is 5.69 Å². The summed E-state index contributed by atoms with van der Waals surface area (Å²) in [5.74, 6) is 0. The molecule has 1 aliphatic heterocycles. The van der Waals surface area contributed by atoms with E-state index in [4.69, 9.17) is 15.2 Å². The van der Waals surface area contributed by atoms with Gasteiger partial charge in [-0.05, 0) is 19.9 Å². The van der Waals surface area contributed by atoms with Crippen molar-refractivity contribution in [2.75, 3.05) is 5.73 Å². The molecule has 1 aromatic carbocycles. The number of hydrogen-bond donors (Lipinski definition) is 1. The number of rotatable bonds is 1. The van der Waals surface area contributed by atoms with Gasteiger partial charge in [0, 0.05) is 11.3 Å². The molecule has 1 aromatic rings. The third-order valence-corrected chi connectivity index (χ3v) is 2.34. The summed E-state index contributed by atoms with van der Waals surface area (Å²) in [5.41, 5.74) is 7.53. The molecule has 2 rings (SSSR count). The molecule has 0 saturated carbocycles. The van der Waals surface area contributed by atoms with Crippen LogP contribution in [0.5, 0.6) is 0 Å². The van der Waals surface area contributed by atoms with E-state index in [-0.39, 0.29) is 18.5 Å². The van der Waals surface area contributed by atoms with Crippen LogP contribution in [0.4, 0.5) is 5.69 Å². The second kappa shape index (κ2) is 3.59. The zero-order valence-corrected chi connectivity index (χ0v) is 8.14. The fourth-order valence-corrected chi connectivity index (χ4v) is 1.69. The summed E-state index contributed by atoms with van der Waals surface area (Å²) in [4.78, 5) is 0. The Morgan fingerprint density at radius 2 is 2.00 bits per heavy atom. The van der Waals surface area contributed by atoms with Crippen molar-refractivity contribution in [3.63, 3.8) is 0 Å². The number of hydrogen-bond acceptors (Lipinski definition) is 3. The van der Waals surface area contributed by atoms with Gasteiger partial charge in [-0.3, -0.25) is 0 Å². The van der Waals surface area contributed by atoms with Crippen LogP contribution >= 0.6 is 0 Å². The number of ether oxygens (including phenoxy) is 2. The highest BCUT2D eigenvalue weighted by atomic mass is 16.7. The number of benzene rings is 1. The monoisotopic (exact) mass is 192 g/mol. The van der Waals surface area contributed by atoms with E-state index in [2.05, 4.69) is 6.92 Å². The van der Waals surface area contributed by atoms with Gasteiger partial charge in [0.1, 0.15) is 6.10 Å². The lowest BCUT2D eigenvalue weighted by Gasteiger charge is -2.14. The molecule has 2 N–H and O–H groups in total. The van der Waals surface area contributed by atoms with Crippen molar-refractivity contribution < 1.29 is 9.47 Å². The summed E-state index contributed by atoms with van der Waals surface area (Å²) in [5, 5.41) is 0. The predicted octanol–water partition coefficient (Wildman–Crippen LogP) is 1.91. The van der Waals surface area contributed by atoms with E-state index in [1.165, 1.54) is 0 Å². The first-order valence-electron chi connectivity index (χ1n) is 4.67. The van der Waals surface area contributed by atoms with E-state index < -0.39 is 0 Å². The topological polar surface area (TPSA) is 44.5 Å². The second-order valence-electron chi connectivity index (χ2n) is 3.43. The highest BCUT2D eigenvalue weighted by molar-refractivity contribution is 5.48. The SMILES string of the molecule is [CH2][C@H]1OC(C)O[C@@H]1c1ccccc1N. The molecule has 3 atom stereocenters. The van der Waals surface area contributed by atoms with Crippen molar-refractivity contribution in [1.29, 1.82) is 0 Å². The molecule has 0 bridgehead atoms. The van der Waals surface area contributed by atoms with E-state index >= 15 is 0 Å². The standard InChI is InChI=1S/C11H14NO2/c1-7-11(14-8(2)13-7)9-5-3-4-6-10(9)12/h3-8,11H,1,12H2,2H3/t7-,8?,11+/m1/s1. The highest BCUT2D eigenvalue weighted by Gasteiger charge is 2.32. The van der Waals surface area contributed by atoms with Gasteiger partial charge < -0.3 is 15.2 Å². The van der Waals surface area contributed by atoms with Crippen molar-refractivity contribution in [1.82, 2.24) is 0 Å². The molecule has 14 heavy (non-hydrogen) atoms. The molecule has 1 radical (unpaired) electrons. The summed E-state index contributed by atoms with van der Waals surface area (Å²) < 4.78 is 11.0. The quantitative estimate of drug-likeness (QED) is 0.691. The Kier molecular flexibility index (Phi) is 2.44. The number of anilines is 1. The van der Waals surface area contributed by atoms with Gasteiger partial charge in [0.15, 0.2) is 6.29 Å². The van der Waals surface area contributed by atoms with Crippen molar-refractivity contribution in [3.8, 4) is 0 Å². The fraction of sp³-hybridized carbons (Fsp3) is 0.364. The summed E-state index contributed by atoms with van der Waals surface area (Å²) in [7, 11) is 0. The third kappa shape index (κ3) is 1.61. The average molecular weight is 192 g/mol. The number of nitrogens with two attached hydrogens (primary N) is 1. The molecule has 0 spiro atoms. The van der Waals surface area contributed by atoms with Crippen molar-refractivity contribution in [2.24, 2.45) is 0 Å². The van der Waals surface area contributed by atoms with Crippen LogP contribution in [0.15, 0.2) is 24.3 Å². The summed E-state index contributed by atoms with van der Waals surface area (Å²) in [6.45, 7) is 5.74. The first-order chi connectivity index (χ1) is 6.68. The third-order valence-electron chi connectivity index (χ3n) is 2.34. The smallest absolute Gasteiger partial charge is 0.156 e. The first-order valence-corrected chi connectivity index (χ1v) is 4.67. The molecule has 1 fully saturated rings. The second-order valence-corrected chi connectivity index (χ2v) is 3.43. The van der Waals surface area contributed by atoms with Gasteiger partial charge in [0.05, 0.1) is 6.10 Å². The van der Waals surface area contributed by atoms with Gasteiger partial charge in [-0.25, -0.2) is 0 Å². The number of nitrogen functional groups attached to an aromatic ring is 1. The van der Waals surface area contributed by atoms with Gasteiger partial charge in [-0.1, -0.05) is 18.2 Å². The summed E-state index contributed by atoms with van der Waals surface area (Å²) in [6, 6.07) is 7.63. The minimum absolute atomic E-state index is 0.147. The number of para-hydroxylation sites is 1. The minimum atomic E-state index is -0.206. The lowest BCUT2D eigenvalue weighted by molar-refractivity contribution is -0.0474. The Morgan fingerprint density at radius 3 is 2.57 bits per heavy atom. The van der Waals surface area contributed by atoms with Gasteiger partial charge in [-0.15, -0.1) is 0 Å². The van der Waals surface area contributed by atoms with Crippen LogP contribution in [0.1, 0.15) is 18.6 Å². The highest BCUT2D eigenvalue weighted by Crippen LogP contribution is 2.34. The molecule has 1 saturated heterocycles. The lowest BCUT2D eigenvalue weighted by atomic mass is 10.0. The van der Waals surface area contributed by atoms with Crippen LogP contribution in [-0.4, -0.2) is 12.4 Å². The Hall–Kier alpha value is -1.06. The first kappa shape index (κ1) is 9.49. The van der Waals surface area contributed by atoms with E-state index in [0.29, 0.717) is 0 Å². The molecule has 75 valence electrons. The normalized spacial score (nSPS) is 32.0. The maximum atomic E-state index is 5.84. The Balaban J connectivity index is 2.27. The molecule has 3 heteroatoms. The van der Waals surface area contributed by atoms with Gasteiger partial charge in [0.25, 0.3) is 0 Å². The molecular formula is C11H14NO2. The van der Waals surface area contributed by atoms with Crippen LogP contribution in [0.2, 0.25) is 0 Å². The Bertz CT molecular complexity index is 327. The Morgan fingerprint density at radius 1 is 1.29 bits per heavy atom. The molecule has 1 aliphatic rings. The Labute approximate surface area is 83.8 Å². The molecule has 0 aromatic heterocycles. The van der Waals surface area contributed by atoms with Crippen LogP contribution < -0.4 is 5.73 Å². The predicted molar refractivity (Wildman–Crippen MR) is 54.4 cm³/mol. The van der Waals surface area contributed by atoms with Crippen LogP contribution in [-0.2, 0) is 9.47 Å². The van der Waals surface area contributed by atoms with Crippen LogP contribution in [0, 0.1) is 6.92 Å². The largest absolute Gasteiger partial charge is 0.398 e. The molecule has 3 nitrogen and oxygen atoms in total. The molecule has 0 aliphatic carbocycles. The summed E-state index contributed by atoms with van der Waals surface area (Å²) >= 11 is 0. The van der Waals surface area contributed by atoms with E-state index in [9.17, 15) is 0 Å². The van der Waals surface area contributed by atoms with Gasteiger partial charge in [0.2, 0.25) is 0 Å². The van der Waals surface area contributed by atoms with Crippen LogP contribution in [0.25, 0.3) is 0 Å². The maximum absolute atomic E-state index is 5.84. The van der Waals surface area contributed by atoms with E-state index in [1.54, 1.807) is 0 Å². The maximum Gasteiger partial charge on any atom is 0.156 e. The van der Waals surface area contributed by atoms with Crippen molar-refractivity contribution in [2.45, 2.75) is 25.4 Å². The zero-order chi connectivity index (χ0) is 10.1. The van der Waals surface area contributed by atoms with E-state index in [1.807, 2.05) is 31.2 Å². The molecule has 0 amide bonds. The summed E-state index contributed by atoms with van der Waals surface area (Å²) in [6.07, 6.45) is -0.539. The van der Waals surface area contributed by atoms with Gasteiger partial charge >= 0.3 is 0 Å². The molecular weight excluding hydrogens is 178 g/mol. The van der Waals surface area contributed by atoms with Crippen LogP contribution in [0.3, 0.4) is 0 Å². The van der Waals surface area contributed by atoms with Gasteiger partial charge in [-0.2, -0.15) is 0 Å². The fourth-order valence-electron chi connectivity index (χ4n) is 1.69. The molecule has 1 unspecified atom stereocenters. The molecule has 1 heterocycles. The lowest BCUT2D eigenvalue weighted by Crippen LogP contribution is -2.12. The van der Waals surface area contributed by atoms with E-state index in [0.717, 1.165) is 11.3 Å². The minimum Gasteiger partial charge on any atom is -0.398 e. The average Bonchev–Trinajstić information content (AvgIpc) is 2.46. The zero-order valence-electron chi connectivity index (χ0n) is 8.14. The van der Waals surface area contributed by atoms with Crippen molar-refractivity contribution in [3.05, 3.63) is 36.8 Å².